The van der Waals surface area contributed by atoms with E-state index in [0.717, 1.165) is 32.0 Å². The van der Waals surface area contributed by atoms with Crippen LogP contribution in [0.15, 0.2) is 23.0 Å². The SMILES string of the molecule is CC1CCN(c2nc3c(c(=O)[nH]2)[C@@H](C(=O)Nc2ccc(F)c(Cl)c2)CC(=O)N3)CC1. The highest BCUT2D eigenvalue weighted by atomic mass is 35.5. The lowest BCUT2D eigenvalue weighted by atomic mass is 9.92. The molecule has 3 N–H and O–H groups in total. The summed E-state index contributed by atoms with van der Waals surface area (Å²) in [5, 5.41) is 5.05. The number of amides is 2. The number of fused-ring (bicyclic) bond motifs is 1. The van der Waals surface area contributed by atoms with Gasteiger partial charge in [0.2, 0.25) is 17.8 Å². The maximum absolute atomic E-state index is 13.3. The Kier molecular flexibility index (Phi) is 5.46. The van der Waals surface area contributed by atoms with Crippen LogP contribution in [0.2, 0.25) is 5.02 Å². The van der Waals surface area contributed by atoms with Gasteiger partial charge in [0.05, 0.1) is 16.5 Å². The van der Waals surface area contributed by atoms with Crippen molar-refractivity contribution in [1.29, 1.82) is 0 Å². The number of rotatable bonds is 3. The monoisotopic (exact) mass is 433 g/mol. The molecule has 0 aliphatic carbocycles. The molecular formula is C20H21ClFN5O3. The van der Waals surface area contributed by atoms with Crippen LogP contribution in [0.1, 0.15) is 37.7 Å². The fourth-order valence-electron chi connectivity index (χ4n) is 3.76. The molecule has 0 unspecified atom stereocenters. The summed E-state index contributed by atoms with van der Waals surface area (Å²) >= 11 is 5.75. The van der Waals surface area contributed by atoms with E-state index in [9.17, 15) is 18.8 Å². The van der Waals surface area contributed by atoms with Crippen molar-refractivity contribution in [3.8, 4) is 0 Å². The second-order valence-electron chi connectivity index (χ2n) is 7.74. The Bertz CT molecular complexity index is 1060. The quantitative estimate of drug-likeness (QED) is 0.690. The minimum atomic E-state index is -1.02. The van der Waals surface area contributed by atoms with Crippen molar-refractivity contribution in [3.05, 3.63) is 45.0 Å². The number of benzene rings is 1. The largest absolute Gasteiger partial charge is 0.342 e. The van der Waals surface area contributed by atoms with Crippen LogP contribution in [0.5, 0.6) is 0 Å². The molecule has 30 heavy (non-hydrogen) atoms. The van der Waals surface area contributed by atoms with Gasteiger partial charge in [-0.05, 0) is 37.0 Å². The maximum atomic E-state index is 13.3. The highest BCUT2D eigenvalue weighted by molar-refractivity contribution is 6.31. The number of carbonyl (C=O) groups excluding carboxylic acids is 2. The van der Waals surface area contributed by atoms with E-state index in [1.54, 1.807) is 0 Å². The number of nitrogens with zero attached hydrogens (tertiary/aromatic N) is 2. The first kappa shape index (κ1) is 20.3. The Hall–Kier alpha value is -2.94. The summed E-state index contributed by atoms with van der Waals surface area (Å²) in [6, 6.07) is 3.74. The van der Waals surface area contributed by atoms with Gasteiger partial charge in [-0.15, -0.1) is 0 Å². The first-order valence-corrected chi connectivity index (χ1v) is 10.1. The summed E-state index contributed by atoms with van der Waals surface area (Å²) in [6.45, 7) is 3.69. The van der Waals surface area contributed by atoms with E-state index in [2.05, 4.69) is 27.5 Å². The van der Waals surface area contributed by atoms with Gasteiger partial charge >= 0.3 is 0 Å². The Labute approximate surface area is 176 Å². The van der Waals surface area contributed by atoms with Crippen molar-refractivity contribution >= 4 is 40.9 Å². The number of H-pyrrole nitrogens is 1. The Morgan fingerprint density at radius 1 is 1.30 bits per heavy atom. The van der Waals surface area contributed by atoms with Crippen LogP contribution in [-0.4, -0.2) is 34.9 Å². The van der Waals surface area contributed by atoms with E-state index in [4.69, 9.17) is 11.6 Å². The number of aromatic amines is 1. The Morgan fingerprint density at radius 3 is 2.73 bits per heavy atom. The second kappa shape index (κ2) is 8.06. The van der Waals surface area contributed by atoms with Crippen LogP contribution in [0.4, 0.5) is 21.8 Å². The van der Waals surface area contributed by atoms with Crippen LogP contribution in [0.3, 0.4) is 0 Å². The molecule has 1 atom stereocenters. The average molecular weight is 434 g/mol. The molecule has 1 saturated heterocycles. The lowest BCUT2D eigenvalue weighted by Crippen LogP contribution is -2.39. The summed E-state index contributed by atoms with van der Waals surface area (Å²) in [5.41, 5.74) is -0.0947. The molecule has 0 saturated carbocycles. The van der Waals surface area contributed by atoms with Gasteiger partial charge in [-0.3, -0.25) is 19.4 Å². The molecule has 1 fully saturated rings. The molecule has 2 aromatic rings. The first-order valence-electron chi connectivity index (χ1n) is 9.76. The summed E-state index contributed by atoms with van der Waals surface area (Å²) in [5.74, 6) is -1.52. The van der Waals surface area contributed by atoms with E-state index < -0.39 is 29.1 Å². The van der Waals surface area contributed by atoms with Crippen molar-refractivity contribution in [3.63, 3.8) is 0 Å². The number of nitrogens with one attached hydrogen (secondary N) is 3. The second-order valence-corrected chi connectivity index (χ2v) is 8.15. The maximum Gasteiger partial charge on any atom is 0.258 e. The molecule has 3 heterocycles. The van der Waals surface area contributed by atoms with Crippen molar-refractivity contribution in [2.75, 3.05) is 28.6 Å². The van der Waals surface area contributed by atoms with E-state index in [1.807, 2.05) is 4.90 Å². The van der Waals surface area contributed by atoms with Gasteiger partial charge in [0, 0.05) is 25.2 Å². The minimum absolute atomic E-state index is 0.0981. The van der Waals surface area contributed by atoms with Gasteiger partial charge in [0.15, 0.2) is 0 Å². The van der Waals surface area contributed by atoms with Gasteiger partial charge in [-0.25, -0.2) is 4.39 Å². The zero-order valence-electron chi connectivity index (χ0n) is 16.3. The topological polar surface area (TPSA) is 107 Å². The van der Waals surface area contributed by atoms with Crippen LogP contribution in [0.25, 0.3) is 0 Å². The van der Waals surface area contributed by atoms with Crippen LogP contribution in [-0.2, 0) is 9.59 Å². The molecule has 4 rings (SSSR count). The molecule has 0 radical (unpaired) electrons. The summed E-state index contributed by atoms with van der Waals surface area (Å²) in [6.07, 6.45) is 1.77. The normalized spacial score (nSPS) is 19.2. The standard InChI is InChI=1S/C20H21ClFN5O3/c1-10-4-6-27(7-5-10)20-25-17-16(19(30)26-20)12(9-15(28)24-17)18(29)23-11-2-3-14(22)13(21)8-11/h2-3,8,10,12H,4-7,9H2,1H3,(H,23,29)(H2,24,25,26,28,30)/t12-/m0/s1. The fourth-order valence-corrected chi connectivity index (χ4v) is 3.94. The number of hydrogen-bond donors (Lipinski definition) is 3. The van der Waals surface area contributed by atoms with E-state index in [1.165, 1.54) is 12.1 Å². The van der Waals surface area contributed by atoms with Crippen LogP contribution in [0, 0.1) is 11.7 Å². The number of aromatic nitrogens is 2. The van der Waals surface area contributed by atoms with E-state index >= 15 is 0 Å². The highest BCUT2D eigenvalue weighted by Gasteiger charge is 2.35. The fraction of sp³-hybridized carbons (Fsp3) is 0.400. The molecule has 0 bridgehead atoms. The third-order valence-electron chi connectivity index (χ3n) is 5.53. The van der Waals surface area contributed by atoms with Gasteiger partial charge in [-0.1, -0.05) is 18.5 Å². The van der Waals surface area contributed by atoms with Crippen molar-refractivity contribution in [2.24, 2.45) is 5.92 Å². The van der Waals surface area contributed by atoms with Crippen molar-refractivity contribution in [2.45, 2.75) is 32.1 Å². The number of anilines is 3. The predicted molar refractivity (Wildman–Crippen MR) is 111 cm³/mol. The van der Waals surface area contributed by atoms with Gasteiger partial charge in [0.1, 0.15) is 11.6 Å². The first-order chi connectivity index (χ1) is 14.3. The molecule has 2 aliphatic heterocycles. The summed E-state index contributed by atoms with van der Waals surface area (Å²) in [4.78, 5) is 47.0. The number of piperidine rings is 1. The third kappa shape index (κ3) is 4.02. The minimum Gasteiger partial charge on any atom is -0.342 e. The molecule has 2 amide bonds. The molecule has 2 aliphatic rings. The van der Waals surface area contributed by atoms with E-state index in [-0.39, 0.29) is 28.5 Å². The zero-order chi connectivity index (χ0) is 21.4. The predicted octanol–water partition coefficient (Wildman–Crippen LogP) is 2.86. The third-order valence-corrected chi connectivity index (χ3v) is 5.82. The zero-order valence-corrected chi connectivity index (χ0v) is 17.1. The van der Waals surface area contributed by atoms with Crippen LogP contribution < -0.4 is 21.1 Å². The van der Waals surface area contributed by atoms with Crippen molar-refractivity contribution < 1.29 is 14.0 Å². The smallest absolute Gasteiger partial charge is 0.258 e. The molecule has 0 spiro atoms. The molecular weight excluding hydrogens is 413 g/mol. The summed E-state index contributed by atoms with van der Waals surface area (Å²) < 4.78 is 13.3. The highest BCUT2D eigenvalue weighted by Crippen LogP contribution is 2.31. The van der Waals surface area contributed by atoms with Crippen LogP contribution >= 0.6 is 11.6 Å². The molecule has 1 aromatic heterocycles. The Morgan fingerprint density at radius 2 is 2.03 bits per heavy atom. The number of carbonyl (C=O) groups is 2. The molecule has 1 aromatic carbocycles. The average Bonchev–Trinajstić information content (AvgIpc) is 2.70. The number of halogens is 2. The molecule has 158 valence electrons. The lowest BCUT2D eigenvalue weighted by molar-refractivity contribution is -0.123. The Balaban J connectivity index is 1.62. The van der Waals surface area contributed by atoms with Gasteiger partial charge in [-0.2, -0.15) is 4.98 Å². The van der Waals surface area contributed by atoms with Gasteiger partial charge in [0.25, 0.3) is 5.56 Å². The molecule has 10 heteroatoms. The summed E-state index contributed by atoms with van der Waals surface area (Å²) in [7, 11) is 0. The van der Waals surface area contributed by atoms with E-state index in [0.29, 0.717) is 11.9 Å². The number of hydrogen-bond acceptors (Lipinski definition) is 5. The molecule has 8 nitrogen and oxygen atoms in total. The lowest BCUT2D eigenvalue weighted by Gasteiger charge is -2.31. The van der Waals surface area contributed by atoms with Gasteiger partial charge < -0.3 is 15.5 Å². The van der Waals surface area contributed by atoms with Crippen molar-refractivity contribution in [1.82, 2.24) is 9.97 Å².